The lowest BCUT2D eigenvalue weighted by atomic mass is 9.89. The largest absolute Gasteiger partial charge is 0.340 e. The molecule has 3 atom stereocenters. The monoisotopic (exact) mass is 227 g/mol. The van der Waals surface area contributed by atoms with Crippen molar-refractivity contribution in [1.82, 2.24) is 9.80 Å². The van der Waals surface area contributed by atoms with Gasteiger partial charge in [0.1, 0.15) is 0 Å². The van der Waals surface area contributed by atoms with E-state index in [0.29, 0.717) is 0 Å². The van der Waals surface area contributed by atoms with Gasteiger partial charge in [-0.2, -0.15) is 0 Å². The third-order valence-electron chi connectivity index (χ3n) is 4.20. The normalized spacial score (nSPS) is 35.6. The predicted octanol–water partition coefficient (Wildman–Crippen LogP) is 0.665. The minimum Gasteiger partial charge on any atom is -0.340 e. The van der Waals surface area contributed by atoms with E-state index in [1.54, 1.807) is 0 Å². The maximum Gasteiger partial charge on any atom is 0.240 e. The Morgan fingerprint density at radius 2 is 2.06 bits per heavy atom. The number of amides is 1. The lowest BCUT2D eigenvalue weighted by Gasteiger charge is -2.43. The van der Waals surface area contributed by atoms with Crippen molar-refractivity contribution in [2.24, 2.45) is 5.73 Å². The number of nitrogens with two attached hydrogens (primary N) is 1. The van der Waals surface area contributed by atoms with Crippen LogP contribution in [-0.4, -0.2) is 54.5 Å². The Hall–Kier alpha value is -0.610. The van der Waals surface area contributed by atoms with E-state index in [1.165, 1.54) is 12.8 Å². The number of likely N-dealkylation sites (tertiary alicyclic amines) is 1. The van der Waals surface area contributed by atoms with Crippen LogP contribution < -0.4 is 5.73 Å². The molecule has 0 aromatic heterocycles. The third kappa shape index (κ3) is 2.09. The van der Waals surface area contributed by atoms with Crippen LogP contribution in [0, 0.1) is 0 Å². The van der Waals surface area contributed by atoms with Crippen molar-refractivity contribution in [2.75, 3.05) is 20.6 Å². The van der Waals surface area contributed by atoms with Gasteiger partial charge in [0.2, 0.25) is 5.91 Å². The van der Waals surface area contributed by atoms with Crippen LogP contribution in [0.3, 0.4) is 0 Å². The van der Waals surface area contributed by atoms with Crippen molar-refractivity contribution in [3.63, 3.8) is 0 Å². The average Bonchev–Trinajstić information content (AvgIpc) is 2.26. The summed E-state index contributed by atoms with van der Waals surface area (Å²) in [6.45, 7) is 1.04. The van der Waals surface area contributed by atoms with Gasteiger partial charge in [-0.15, -0.1) is 0 Å². The van der Waals surface area contributed by atoms with Crippen molar-refractivity contribution < 1.29 is 6.22 Å². The van der Waals surface area contributed by atoms with E-state index in [1.807, 2.05) is 19.0 Å². The van der Waals surface area contributed by atoms with Crippen molar-refractivity contribution >= 4 is 5.91 Å². The van der Waals surface area contributed by atoms with Crippen molar-refractivity contribution in [3.8, 4) is 0 Å². The first-order valence-electron chi connectivity index (χ1n) is 6.33. The van der Waals surface area contributed by atoms with Crippen LogP contribution in [0.5, 0.6) is 0 Å². The topological polar surface area (TPSA) is 49.6 Å². The fourth-order valence-electron chi connectivity index (χ4n) is 2.85. The van der Waals surface area contributed by atoms with Gasteiger partial charge in [-0.1, -0.05) is 12.8 Å². The molecule has 1 saturated heterocycles. The van der Waals surface area contributed by atoms with Crippen LogP contribution in [0.4, 0.5) is 0 Å². The van der Waals surface area contributed by atoms with Crippen LogP contribution in [0.25, 0.3) is 0 Å². The fraction of sp³-hybridized carbons (Fsp3) is 0.917. The van der Waals surface area contributed by atoms with E-state index < -0.39 is 0 Å². The molecule has 0 aromatic rings. The summed E-state index contributed by atoms with van der Waals surface area (Å²) >= 11 is 0. The van der Waals surface area contributed by atoms with Gasteiger partial charge in [0.15, 0.2) is 0 Å². The maximum absolute atomic E-state index is 12.2. The molecule has 0 radical (unpaired) electrons. The Kier molecular flexibility index (Phi) is 3.50. The molecule has 0 unspecified atom stereocenters. The quantitative estimate of drug-likeness (QED) is 0.754. The van der Waals surface area contributed by atoms with Gasteiger partial charge < -0.3 is 10.6 Å². The molecule has 94 valence electrons. The Morgan fingerprint density at radius 3 is 2.56 bits per heavy atom. The van der Waals surface area contributed by atoms with Crippen LogP contribution in [-0.2, 0) is 4.79 Å². The summed E-state index contributed by atoms with van der Waals surface area (Å²) in [6.07, 6.45) is 5.55. The van der Waals surface area contributed by atoms with E-state index in [-0.39, 0.29) is 25.5 Å². The second-order valence-corrected chi connectivity index (χ2v) is 5.25. The molecular weight excluding hydrogens is 202 g/mol. The molecule has 4 nitrogen and oxygen atoms in total. The Labute approximate surface area is 99.2 Å². The molecule has 2 aliphatic rings. The second-order valence-electron chi connectivity index (χ2n) is 5.25. The van der Waals surface area contributed by atoms with Crippen molar-refractivity contribution in [1.29, 1.82) is 0 Å². The van der Waals surface area contributed by atoms with Crippen molar-refractivity contribution in [3.05, 3.63) is 0 Å². The molecule has 2 N–H and O–H groups in total. The van der Waals surface area contributed by atoms with Gasteiger partial charge in [-0.05, 0) is 26.3 Å². The van der Waals surface area contributed by atoms with Crippen LogP contribution in [0.2, 0.25) is 0 Å². The van der Waals surface area contributed by atoms with Crippen LogP contribution >= 0.6 is 0 Å². The van der Waals surface area contributed by atoms with Crippen LogP contribution in [0.15, 0.2) is 0 Å². The van der Waals surface area contributed by atoms with E-state index in [0.717, 1.165) is 25.8 Å². The minimum absolute atomic E-state index is 0. The molecule has 0 bridgehead atoms. The number of likely N-dealkylation sites (N-methyl/N-ethyl adjacent to an activating group) is 2. The van der Waals surface area contributed by atoms with Gasteiger partial charge >= 0.3 is 0 Å². The number of rotatable bonds is 2. The highest BCUT2D eigenvalue weighted by Gasteiger charge is 2.37. The first-order valence-corrected chi connectivity index (χ1v) is 6.33. The van der Waals surface area contributed by atoms with Crippen molar-refractivity contribution in [2.45, 2.75) is 50.2 Å². The highest BCUT2D eigenvalue weighted by atomic mass is 16.2. The summed E-state index contributed by atoms with van der Waals surface area (Å²) in [5, 5.41) is 0. The molecule has 4 heteroatoms. The van der Waals surface area contributed by atoms with Gasteiger partial charge in [0, 0.05) is 27.1 Å². The first kappa shape index (κ1) is 11.9. The molecular formula is C12H25N3O. The Balaban J connectivity index is 0.00000144. The highest BCUT2D eigenvalue weighted by molar-refractivity contribution is 5.82. The molecule has 0 spiro atoms. The summed E-state index contributed by atoms with van der Waals surface area (Å²) in [7, 11) is 3.94. The number of carbonyl (C=O) groups excluding carboxylic acids is 1. The van der Waals surface area contributed by atoms with E-state index in [2.05, 4.69) is 4.90 Å². The molecule has 0 aromatic carbocycles. The summed E-state index contributed by atoms with van der Waals surface area (Å²) in [5.74, 6) is 0.260. The number of carbonyl (C=O) groups is 1. The smallest absolute Gasteiger partial charge is 0.240 e. The molecule has 16 heavy (non-hydrogen) atoms. The maximum atomic E-state index is 12.2. The molecule has 1 heterocycles. The second kappa shape index (κ2) is 4.72. The predicted molar refractivity (Wildman–Crippen MR) is 66.2 cm³/mol. The minimum atomic E-state index is 0. The molecule has 1 aliphatic heterocycles. The zero-order valence-corrected chi connectivity index (χ0v) is 10.4. The standard InChI is InChI=1S/C12H23N3O.H2/c1-14-8-7-11(14)12(16)15(2)10-6-4-3-5-9(10)13;/h9-11H,3-8,13H2,1-2H3;1H/t9-,10-,11-;/m0./s1. The average molecular weight is 227 g/mol. The van der Waals surface area contributed by atoms with Crippen LogP contribution in [0.1, 0.15) is 33.5 Å². The SMILES string of the molecule is CN1CC[C@H]1C(=O)N(C)[C@H]1CCCC[C@@H]1N.[HH]. The molecule has 1 amide bonds. The summed E-state index contributed by atoms with van der Waals surface area (Å²) in [5.41, 5.74) is 6.10. The van der Waals surface area contributed by atoms with Gasteiger partial charge in [0.05, 0.1) is 6.04 Å². The van der Waals surface area contributed by atoms with E-state index in [4.69, 9.17) is 5.73 Å². The summed E-state index contributed by atoms with van der Waals surface area (Å²) in [6, 6.07) is 0.544. The Morgan fingerprint density at radius 1 is 1.38 bits per heavy atom. The molecule has 2 rings (SSSR count). The lowest BCUT2D eigenvalue weighted by Crippen LogP contribution is -2.59. The number of hydrogen-bond donors (Lipinski definition) is 1. The van der Waals surface area contributed by atoms with Gasteiger partial charge in [-0.25, -0.2) is 0 Å². The molecule has 2 fully saturated rings. The first-order chi connectivity index (χ1) is 7.61. The van der Waals surface area contributed by atoms with Gasteiger partial charge in [-0.3, -0.25) is 9.69 Å². The lowest BCUT2D eigenvalue weighted by molar-refractivity contribution is -0.142. The highest BCUT2D eigenvalue weighted by Crippen LogP contribution is 2.24. The van der Waals surface area contributed by atoms with Gasteiger partial charge in [0.25, 0.3) is 0 Å². The Bertz CT molecular complexity index is 274. The van der Waals surface area contributed by atoms with E-state index >= 15 is 0 Å². The van der Waals surface area contributed by atoms with E-state index in [9.17, 15) is 4.79 Å². The molecule has 1 saturated carbocycles. The number of hydrogen-bond acceptors (Lipinski definition) is 3. The third-order valence-corrected chi connectivity index (χ3v) is 4.20. The zero-order valence-electron chi connectivity index (χ0n) is 10.4. The zero-order chi connectivity index (χ0) is 11.7. The number of nitrogens with zero attached hydrogens (tertiary/aromatic N) is 2. The molecule has 1 aliphatic carbocycles. The summed E-state index contributed by atoms with van der Waals surface area (Å²) in [4.78, 5) is 16.2. The fourth-order valence-corrected chi connectivity index (χ4v) is 2.85. The summed E-state index contributed by atoms with van der Waals surface area (Å²) < 4.78 is 0.